The molecule has 5 heteroatoms. The Morgan fingerprint density at radius 3 is 2.71 bits per heavy atom. The number of benzene rings is 1. The summed E-state index contributed by atoms with van der Waals surface area (Å²) in [7, 11) is 3.46. The summed E-state index contributed by atoms with van der Waals surface area (Å²) in [5.74, 6) is 1.54. The Morgan fingerprint density at radius 2 is 2.10 bits per heavy atom. The molecule has 0 bridgehead atoms. The quantitative estimate of drug-likeness (QED) is 0.810. The van der Waals surface area contributed by atoms with Gasteiger partial charge in [-0.15, -0.1) is 0 Å². The second kappa shape index (κ2) is 8.01. The molecule has 0 heterocycles. The van der Waals surface area contributed by atoms with Crippen molar-refractivity contribution in [1.29, 1.82) is 0 Å². The Hall–Kier alpha value is -0.780. The van der Waals surface area contributed by atoms with Gasteiger partial charge in [-0.1, -0.05) is 0 Å². The van der Waals surface area contributed by atoms with Crippen LogP contribution < -0.4 is 14.8 Å². The summed E-state index contributed by atoms with van der Waals surface area (Å²) in [4.78, 5) is 0. The molecule has 1 aliphatic carbocycles. The highest BCUT2D eigenvalue weighted by Gasteiger charge is 2.23. The van der Waals surface area contributed by atoms with Gasteiger partial charge in [-0.25, -0.2) is 0 Å². The van der Waals surface area contributed by atoms with E-state index >= 15 is 0 Å². The van der Waals surface area contributed by atoms with Gasteiger partial charge in [0.05, 0.1) is 24.3 Å². The molecule has 2 rings (SSSR count). The lowest BCUT2D eigenvalue weighted by Crippen LogP contribution is -2.26. The topological polar surface area (TPSA) is 39.7 Å². The van der Waals surface area contributed by atoms with Crippen molar-refractivity contribution in [1.82, 2.24) is 5.32 Å². The predicted molar refractivity (Wildman–Crippen MR) is 87.1 cm³/mol. The monoisotopic (exact) mass is 357 g/mol. The van der Waals surface area contributed by atoms with E-state index in [2.05, 4.69) is 27.3 Å². The first kappa shape index (κ1) is 16.6. The third-order valence-corrected chi connectivity index (χ3v) is 4.48. The van der Waals surface area contributed by atoms with Crippen molar-refractivity contribution >= 4 is 15.9 Å². The van der Waals surface area contributed by atoms with Crippen molar-refractivity contribution in [2.45, 2.75) is 44.9 Å². The van der Waals surface area contributed by atoms with Gasteiger partial charge in [-0.2, -0.15) is 0 Å². The molecule has 4 nitrogen and oxygen atoms in total. The number of hydrogen-bond donors (Lipinski definition) is 1. The van der Waals surface area contributed by atoms with Crippen LogP contribution in [0.25, 0.3) is 0 Å². The van der Waals surface area contributed by atoms with Crippen LogP contribution in [0.15, 0.2) is 16.6 Å². The molecule has 0 radical (unpaired) electrons. The van der Waals surface area contributed by atoms with Crippen LogP contribution in [0.4, 0.5) is 0 Å². The van der Waals surface area contributed by atoms with Crippen LogP contribution in [0.3, 0.4) is 0 Å². The molecular formula is C16H24BrNO3. The lowest BCUT2D eigenvalue weighted by atomic mass is 10.1. The van der Waals surface area contributed by atoms with Gasteiger partial charge in [0, 0.05) is 19.7 Å². The van der Waals surface area contributed by atoms with Gasteiger partial charge >= 0.3 is 0 Å². The highest BCUT2D eigenvalue weighted by Crippen LogP contribution is 2.36. The number of nitrogens with one attached hydrogen (secondary N) is 1. The van der Waals surface area contributed by atoms with Crippen LogP contribution in [0, 0.1) is 0 Å². The van der Waals surface area contributed by atoms with Crippen LogP contribution in [0.1, 0.15) is 31.7 Å². The molecule has 0 saturated heterocycles. The Balaban J connectivity index is 1.99. The first-order valence-electron chi connectivity index (χ1n) is 7.43. The van der Waals surface area contributed by atoms with Crippen LogP contribution >= 0.6 is 15.9 Å². The van der Waals surface area contributed by atoms with Crippen LogP contribution in [0.5, 0.6) is 11.5 Å². The molecule has 1 aromatic carbocycles. The van der Waals surface area contributed by atoms with E-state index in [0.29, 0.717) is 18.8 Å². The molecule has 1 saturated carbocycles. The van der Waals surface area contributed by atoms with Gasteiger partial charge in [0.1, 0.15) is 0 Å². The Labute approximate surface area is 135 Å². The van der Waals surface area contributed by atoms with Crippen molar-refractivity contribution in [2.24, 2.45) is 0 Å². The van der Waals surface area contributed by atoms with E-state index in [1.165, 1.54) is 12.0 Å². The van der Waals surface area contributed by atoms with Gasteiger partial charge in [-0.05, 0) is 59.8 Å². The molecule has 1 aliphatic rings. The summed E-state index contributed by atoms with van der Waals surface area (Å²) in [6.45, 7) is 3.41. The van der Waals surface area contributed by atoms with Crippen molar-refractivity contribution in [2.75, 3.05) is 20.8 Å². The van der Waals surface area contributed by atoms with Gasteiger partial charge in [0.15, 0.2) is 11.5 Å². The van der Waals surface area contributed by atoms with E-state index in [9.17, 15) is 0 Å². The van der Waals surface area contributed by atoms with Gasteiger partial charge in [0.2, 0.25) is 0 Å². The van der Waals surface area contributed by atoms with E-state index in [-0.39, 0.29) is 0 Å². The van der Waals surface area contributed by atoms with Crippen molar-refractivity contribution in [3.63, 3.8) is 0 Å². The second-order valence-corrected chi connectivity index (χ2v) is 6.14. The lowest BCUT2D eigenvalue weighted by molar-refractivity contribution is 0.107. The van der Waals surface area contributed by atoms with Crippen LogP contribution in [-0.4, -0.2) is 33.0 Å². The van der Waals surface area contributed by atoms with Crippen molar-refractivity contribution in [3.8, 4) is 11.5 Å². The van der Waals surface area contributed by atoms with E-state index < -0.39 is 0 Å². The van der Waals surface area contributed by atoms with Gasteiger partial charge in [-0.3, -0.25) is 0 Å². The number of ether oxygens (including phenoxy) is 3. The van der Waals surface area contributed by atoms with E-state index in [0.717, 1.165) is 35.4 Å². The van der Waals surface area contributed by atoms with E-state index in [1.54, 1.807) is 14.2 Å². The maximum Gasteiger partial charge on any atom is 0.175 e. The molecule has 0 amide bonds. The molecule has 118 valence electrons. The zero-order valence-corrected chi connectivity index (χ0v) is 14.5. The largest absolute Gasteiger partial charge is 0.493 e. The maximum atomic E-state index is 5.61. The first-order chi connectivity index (χ1) is 10.2. The molecule has 2 atom stereocenters. The van der Waals surface area contributed by atoms with Crippen molar-refractivity contribution < 1.29 is 14.2 Å². The summed E-state index contributed by atoms with van der Waals surface area (Å²) in [6, 6.07) is 4.65. The third-order valence-electron chi connectivity index (χ3n) is 3.89. The highest BCUT2D eigenvalue weighted by atomic mass is 79.9. The molecule has 0 spiro atoms. The van der Waals surface area contributed by atoms with Crippen LogP contribution in [-0.2, 0) is 11.3 Å². The van der Waals surface area contributed by atoms with Crippen LogP contribution in [0.2, 0.25) is 0 Å². The fourth-order valence-corrected chi connectivity index (χ4v) is 3.37. The molecular weight excluding hydrogens is 334 g/mol. The Kier molecular flexibility index (Phi) is 6.33. The number of halogens is 1. The summed E-state index contributed by atoms with van der Waals surface area (Å²) in [5.41, 5.74) is 1.18. The predicted octanol–water partition coefficient (Wildman–Crippen LogP) is 3.51. The minimum Gasteiger partial charge on any atom is -0.493 e. The fraction of sp³-hybridized carbons (Fsp3) is 0.625. The van der Waals surface area contributed by atoms with Crippen molar-refractivity contribution in [3.05, 3.63) is 22.2 Å². The maximum absolute atomic E-state index is 5.61. The fourth-order valence-electron chi connectivity index (χ4n) is 2.76. The highest BCUT2D eigenvalue weighted by molar-refractivity contribution is 9.10. The number of methoxy groups -OCH3 is 2. The third kappa shape index (κ3) is 4.34. The average molecular weight is 358 g/mol. The Morgan fingerprint density at radius 1 is 1.29 bits per heavy atom. The molecule has 0 aliphatic heterocycles. The zero-order valence-electron chi connectivity index (χ0n) is 12.9. The van der Waals surface area contributed by atoms with Gasteiger partial charge < -0.3 is 19.5 Å². The Bertz CT molecular complexity index is 467. The standard InChI is InChI=1S/C16H24BrNO3/c1-4-21-16-14(17)7-11(8-15(16)20-3)10-18-12-5-6-13(9-12)19-2/h7-8,12-13,18H,4-6,9-10H2,1-3H3. The van der Waals surface area contributed by atoms with Gasteiger partial charge in [0.25, 0.3) is 0 Å². The first-order valence-corrected chi connectivity index (χ1v) is 8.22. The number of hydrogen-bond acceptors (Lipinski definition) is 4. The number of rotatable bonds is 7. The molecule has 2 unspecified atom stereocenters. The molecule has 1 aromatic rings. The SMILES string of the molecule is CCOc1c(Br)cc(CNC2CCC(OC)C2)cc1OC. The normalized spacial score (nSPS) is 21.5. The summed E-state index contributed by atoms with van der Waals surface area (Å²) in [6.07, 6.45) is 3.81. The van der Waals surface area contributed by atoms with E-state index in [4.69, 9.17) is 14.2 Å². The lowest BCUT2D eigenvalue weighted by Gasteiger charge is -2.16. The molecule has 1 fully saturated rings. The summed E-state index contributed by atoms with van der Waals surface area (Å²) < 4.78 is 17.4. The smallest absolute Gasteiger partial charge is 0.175 e. The molecule has 0 aromatic heterocycles. The summed E-state index contributed by atoms with van der Waals surface area (Å²) >= 11 is 3.56. The zero-order chi connectivity index (χ0) is 15.2. The molecule has 1 N–H and O–H groups in total. The minimum absolute atomic E-state index is 0.407. The second-order valence-electron chi connectivity index (χ2n) is 5.29. The summed E-state index contributed by atoms with van der Waals surface area (Å²) in [5, 5.41) is 3.59. The minimum atomic E-state index is 0.407. The average Bonchev–Trinajstić information content (AvgIpc) is 2.95. The van der Waals surface area contributed by atoms with E-state index in [1.807, 2.05) is 13.0 Å². The molecule has 21 heavy (non-hydrogen) atoms.